The van der Waals surface area contributed by atoms with E-state index in [-0.39, 0.29) is 5.76 Å². The molecule has 1 aromatic carbocycles. The van der Waals surface area contributed by atoms with Crippen LogP contribution >= 0.6 is 0 Å². The maximum absolute atomic E-state index is 13.5. The van der Waals surface area contributed by atoms with Crippen LogP contribution in [-0.2, 0) is 4.79 Å². The van der Waals surface area contributed by atoms with Crippen LogP contribution in [0.25, 0.3) is 0 Å². The second-order valence-corrected chi connectivity index (χ2v) is 4.83. The Hall–Kier alpha value is -3.37. The van der Waals surface area contributed by atoms with E-state index in [9.17, 15) is 32.9 Å². The number of carbonyl (C=O) groups excluding carboxylic acids is 2. The van der Waals surface area contributed by atoms with Crippen molar-refractivity contribution in [3.63, 3.8) is 0 Å². The van der Waals surface area contributed by atoms with Crippen molar-refractivity contribution >= 4 is 23.4 Å². The lowest BCUT2D eigenvalue weighted by atomic mass is 10.2. The summed E-state index contributed by atoms with van der Waals surface area (Å²) in [6, 6.07) is 3.48. The average molecular weight is 357 g/mol. The van der Waals surface area contributed by atoms with Gasteiger partial charge in [-0.15, -0.1) is 0 Å². The van der Waals surface area contributed by atoms with E-state index in [1.165, 1.54) is 7.05 Å². The zero-order valence-electron chi connectivity index (χ0n) is 12.6. The molecule has 8 nitrogen and oxygen atoms in total. The fourth-order valence-electron chi connectivity index (χ4n) is 1.83. The van der Waals surface area contributed by atoms with Crippen LogP contribution in [0, 0.1) is 27.6 Å². The number of nitrogens with zero attached hydrogens (tertiary/aromatic N) is 2. The van der Waals surface area contributed by atoms with Crippen molar-refractivity contribution in [3.8, 4) is 0 Å². The summed E-state index contributed by atoms with van der Waals surface area (Å²) in [5.41, 5.74) is -0.599. The maximum Gasteiger partial charge on any atom is 0.433 e. The van der Waals surface area contributed by atoms with Gasteiger partial charge in [0.15, 0.2) is 23.2 Å². The molecule has 0 aliphatic carbocycles. The first kappa shape index (κ1) is 18.0. The van der Waals surface area contributed by atoms with E-state index in [1.807, 2.05) is 5.32 Å². The van der Waals surface area contributed by atoms with Gasteiger partial charge in [-0.3, -0.25) is 19.7 Å². The number of likely N-dealkylation sites (N-methyl/N-ethyl adjacent to an activating group) is 1. The van der Waals surface area contributed by atoms with Gasteiger partial charge >= 0.3 is 5.88 Å². The van der Waals surface area contributed by atoms with Gasteiger partial charge in [-0.2, -0.15) is 0 Å². The van der Waals surface area contributed by atoms with E-state index >= 15 is 0 Å². The van der Waals surface area contributed by atoms with Gasteiger partial charge in [0.1, 0.15) is 4.92 Å². The van der Waals surface area contributed by atoms with E-state index in [0.717, 1.165) is 23.1 Å². The number of benzene rings is 1. The largest absolute Gasteiger partial charge is 0.433 e. The normalized spacial score (nSPS) is 10.4. The molecule has 1 heterocycles. The SMILES string of the molecule is CN(CC(=O)Nc1ccc(F)c(F)c1F)C(=O)c1ccc([N+](=O)[O-])o1. The topological polar surface area (TPSA) is 106 Å². The maximum atomic E-state index is 13.5. The smallest absolute Gasteiger partial charge is 0.395 e. The van der Waals surface area contributed by atoms with Gasteiger partial charge in [-0.05, 0) is 18.2 Å². The number of carbonyl (C=O) groups is 2. The molecule has 0 atom stereocenters. The Bertz CT molecular complexity index is 852. The lowest BCUT2D eigenvalue weighted by Gasteiger charge is -2.15. The van der Waals surface area contributed by atoms with Crippen molar-refractivity contribution in [1.29, 1.82) is 0 Å². The Balaban J connectivity index is 2.03. The summed E-state index contributed by atoms with van der Waals surface area (Å²) in [6.45, 7) is -0.592. The van der Waals surface area contributed by atoms with Gasteiger partial charge in [0.05, 0.1) is 18.3 Å². The molecule has 2 aromatic rings. The number of amides is 2. The lowest BCUT2D eigenvalue weighted by Crippen LogP contribution is -2.35. The number of furan rings is 1. The first-order valence-electron chi connectivity index (χ1n) is 6.63. The average Bonchev–Trinajstić information content (AvgIpc) is 3.05. The van der Waals surface area contributed by atoms with Crippen molar-refractivity contribution in [1.82, 2.24) is 4.90 Å². The molecule has 1 N–H and O–H groups in total. The first-order chi connectivity index (χ1) is 11.7. The van der Waals surface area contributed by atoms with E-state index in [2.05, 4.69) is 0 Å². The van der Waals surface area contributed by atoms with Gasteiger partial charge in [-0.25, -0.2) is 13.2 Å². The monoisotopic (exact) mass is 357 g/mol. The highest BCUT2D eigenvalue weighted by Crippen LogP contribution is 2.20. The highest BCUT2D eigenvalue weighted by atomic mass is 19.2. The summed E-state index contributed by atoms with van der Waals surface area (Å²) in [5.74, 6) is -7.50. The second kappa shape index (κ2) is 7.03. The molecule has 0 bridgehead atoms. The molecule has 25 heavy (non-hydrogen) atoms. The molecule has 0 radical (unpaired) electrons. The molecule has 0 saturated carbocycles. The summed E-state index contributed by atoms with van der Waals surface area (Å²) in [4.78, 5) is 34.3. The summed E-state index contributed by atoms with van der Waals surface area (Å²) in [6.07, 6.45) is 0. The van der Waals surface area contributed by atoms with Crippen molar-refractivity contribution in [2.45, 2.75) is 0 Å². The van der Waals surface area contributed by atoms with Crippen LogP contribution in [0.2, 0.25) is 0 Å². The van der Waals surface area contributed by atoms with E-state index < -0.39 is 52.3 Å². The Morgan fingerprint density at radius 2 is 1.88 bits per heavy atom. The Morgan fingerprint density at radius 1 is 1.20 bits per heavy atom. The third kappa shape index (κ3) is 3.94. The summed E-state index contributed by atoms with van der Waals surface area (Å²) < 4.78 is 44.1. The standard InChI is InChI=1S/C14H10F3N3O5/c1-19(14(22)9-4-5-11(25-9)20(23)24)6-10(21)18-8-3-2-7(15)12(16)13(8)17/h2-5H,6H2,1H3,(H,18,21). The summed E-state index contributed by atoms with van der Waals surface area (Å²) >= 11 is 0. The van der Waals surface area contributed by atoms with Gasteiger partial charge in [0.25, 0.3) is 5.91 Å². The first-order valence-corrected chi connectivity index (χ1v) is 6.63. The van der Waals surface area contributed by atoms with Gasteiger partial charge in [-0.1, -0.05) is 0 Å². The minimum Gasteiger partial charge on any atom is -0.395 e. The quantitative estimate of drug-likeness (QED) is 0.502. The molecule has 2 rings (SSSR count). The lowest BCUT2D eigenvalue weighted by molar-refractivity contribution is -0.402. The molecule has 0 aliphatic rings. The van der Waals surface area contributed by atoms with Crippen molar-refractivity contribution < 1.29 is 32.1 Å². The molecule has 132 valence electrons. The van der Waals surface area contributed by atoms with E-state index in [4.69, 9.17) is 4.42 Å². The molecular weight excluding hydrogens is 347 g/mol. The van der Waals surface area contributed by atoms with Crippen molar-refractivity contribution in [2.24, 2.45) is 0 Å². The van der Waals surface area contributed by atoms with Crippen LogP contribution in [0.1, 0.15) is 10.6 Å². The number of nitrogens with one attached hydrogen (secondary N) is 1. The van der Waals surface area contributed by atoms with E-state index in [0.29, 0.717) is 6.07 Å². The molecule has 0 spiro atoms. The van der Waals surface area contributed by atoms with Crippen LogP contribution in [0.4, 0.5) is 24.7 Å². The molecule has 0 unspecified atom stereocenters. The van der Waals surface area contributed by atoms with Crippen LogP contribution in [0.3, 0.4) is 0 Å². The van der Waals surface area contributed by atoms with Crippen molar-refractivity contribution in [3.05, 3.63) is 57.6 Å². The fraction of sp³-hybridized carbons (Fsp3) is 0.143. The molecule has 1 aromatic heterocycles. The number of halogens is 3. The molecule has 0 fully saturated rings. The molecule has 0 aliphatic heterocycles. The third-order valence-electron chi connectivity index (χ3n) is 3.02. The molecule has 2 amide bonds. The third-order valence-corrected chi connectivity index (χ3v) is 3.02. The number of hydrogen-bond acceptors (Lipinski definition) is 5. The van der Waals surface area contributed by atoms with Crippen LogP contribution in [0.5, 0.6) is 0 Å². The highest BCUT2D eigenvalue weighted by Gasteiger charge is 2.22. The van der Waals surface area contributed by atoms with Gasteiger partial charge in [0.2, 0.25) is 5.91 Å². The van der Waals surface area contributed by atoms with Crippen LogP contribution in [-0.4, -0.2) is 35.2 Å². The highest BCUT2D eigenvalue weighted by molar-refractivity contribution is 5.98. The number of nitro groups is 1. The van der Waals surface area contributed by atoms with Crippen molar-refractivity contribution in [2.75, 3.05) is 18.9 Å². The number of hydrogen-bond donors (Lipinski definition) is 1. The number of anilines is 1. The summed E-state index contributed by atoms with van der Waals surface area (Å²) in [5, 5.41) is 12.5. The second-order valence-electron chi connectivity index (χ2n) is 4.83. The number of rotatable bonds is 5. The Morgan fingerprint density at radius 3 is 2.48 bits per heavy atom. The predicted molar refractivity (Wildman–Crippen MR) is 77.3 cm³/mol. The molecular formula is C14H10F3N3O5. The minimum atomic E-state index is -1.75. The Labute approximate surface area is 138 Å². The van der Waals surface area contributed by atoms with Gasteiger partial charge in [0, 0.05) is 7.05 Å². The summed E-state index contributed by atoms with van der Waals surface area (Å²) in [7, 11) is 1.19. The van der Waals surface area contributed by atoms with E-state index in [1.54, 1.807) is 0 Å². The van der Waals surface area contributed by atoms with Gasteiger partial charge < -0.3 is 14.6 Å². The van der Waals surface area contributed by atoms with Crippen LogP contribution in [0.15, 0.2) is 28.7 Å². The zero-order valence-corrected chi connectivity index (χ0v) is 12.6. The zero-order chi connectivity index (χ0) is 18.7. The minimum absolute atomic E-state index is 0.374. The fourth-order valence-corrected chi connectivity index (χ4v) is 1.83. The Kier molecular flexibility index (Phi) is 5.05. The molecule has 0 saturated heterocycles. The predicted octanol–water partition coefficient (Wildman–Crippen LogP) is 2.32. The molecule has 11 heteroatoms. The van der Waals surface area contributed by atoms with Crippen LogP contribution < -0.4 is 5.32 Å².